The van der Waals surface area contributed by atoms with Gasteiger partial charge in [-0.25, -0.2) is 0 Å². The summed E-state index contributed by atoms with van der Waals surface area (Å²) in [5.41, 5.74) is 1.80. The normalized spacial score (nSPS) is 10.1. The van der Waals surface area contributed by atoms with E-state index in [1.54, 1.807) is 38.1 Å². The number of nitro benzene ring substituents is 1. The summed E-state index contributed by atoms with van der Waals surface area (Å²) in [6, 6.07) is 10.9. The van der Waals surface area contributed by atoms with Crippen LogP contribution in [0.2, 0.25) is 0 Å². The summed E-state index contributed by atoms with van der Waals surface area (Å²) in [5.74, 6) is -0.503. The highest BCUT2D eigenvalue weighted by atomic mass is 16.6. The first-order valence-electron chi connectivity index (χ1n) is 7.37. The van der Waals surface area contributed by atoms with Gasteiger partial charge in [0.15, 0.2) is 0 Å². The molecule has 2 N–H and O–H groups in total. The molecule has 0 saturated carbocycles. The summed E-state index contributed by atoms with van der Waals surface area (Å²) < 4.78 is 0. The molecule has 0 aliphatic heterocycles. The summed E-state index contributed by atoms with van der Waals surface area (Å²) >= 11 is 0. The van der Waals surface area contributed by atoms with Crippen molar-refractivity contribution >= 4 is 28.9 Å². The second-order valence-electron chi connectivity index (χ2n) is 5.20. The quantitative estimate of drug-likeness (QED) is 0.648. The van der Waals surface area contributed by atoms with Gasteiger partial charge in [0.1, 0.15) is 0 Å². The van der Waals surface area contributed by atoms with E-state index in [-0.39, 0.29) is 17.5 Å². The maximum atomic E-state index is 12.3. The zero-order chi connectivity index (χ0) is 17.7. The van der Waals surface area contributed by atoms with Crippen molar-refractivity contribution in [2.24, 2.45) is 0 Å². The fraction of sp³-hybridized carbons (Fsp3) is 0.176. The lowest BCUT2D eigenvalue weighted by Crippen LogP contribution is -2.13. The fourth-order valence-electron chi connectivity index (χ4n) is 2.13. The molecule has 0 bridgehead atoms. The largest absolute Gasteiger partial charge is 0.326 e. The molecule has 2 aromatic carbocycles. The van der Waals surface area contributed by atoms with Crippen LogP contribution >= 0.6 is 0 Å². The Bertz CT molecular complexity index is 802. The van der Waals surface area contributed by atoms with Crippen LogP contribution in [0.3, 0.4) is 0 Å². The summed E-state index contributed by atoms with van der Waals surface area (Å²) in [4.78, 5) is 34.0. The number of hydrogen-bond donors (Lipinski definition) is 2. The van der Waals surface area contributed by atoms with Crippen molar-refractivity contribution in [1.82, 2.24) is 0 Å². The van der Waals surface area contributed by atoms with Crippen molar-refractivity contribution in [1.29, 1.82) is 0 Å². The number of nitrogens with one attached hydrogen (secondary N) is 2. The molecular formula is C17H17N3O4. The number of benzene rings is 2. The van der Waals surface area contributed by atoms with Gasteiger partial charge >= 0.3 is 0 Å². The van der Waals surface area contributed by atoms with Crippen LogP contribution in [0, 0.1) is 17.0 Å². The van der Waals surface area contributed by atoms with Gasteiger partial charge < -0.3 is 10.6 Å². The zero-order valence-electron chi connectivity index (χ0n) is 13.3. The van der Waals surface area contributed by atoms with Crippen LogP contribution in [0.15, 0.2) is 42.5 Å². The van der Waals surface area contributed by atoms with Gasteiger partial charge in [0.05, 0.1) is 4.92 Å². The van der Waals surface area contributed by atoms with E-state index < -0.39 is 4.92 Å². The smallest absolute Gasteiger partial charge is 0.272 e. The van der Waals surface area contributed by atoms with E-state index in [0.717, 1.165) is 0 Å². The lowest BCUT2D eigenvalue weighted by Gasteiger charge is -2.09. The molecule has 0 spiro atoms. The molecule has 0 fully saturated rings. The standard InChI is InChI=1S/C17H17N3O4/c1-3-16(21)18-13-5-4-6-14(10-13)19-17(22)12-7-8-15(20(23)24)11(2)9-12/h4-10H,3H2,1-2H3,(H,18,21)(H,19,22). The lowest BCUT2D eigenvalue weighted by atomic mass is 10.1. The van der Waals surface area contributed by atoms with Gasteiger partial charge in [0.2, 0.25) is 5.91 Å². The summed E-state index contributed by atoms with van der Waals surface area (Å²) in [6.45, 7) is 3.33. The van der Waals surface area contributed by atoms with Crippen molar-refractivity contribution in [3.05, 3.63) is 63.7 Å². The predicted molar refractivity (Wildman–Crippen MR) is 91.1 cm³/mol. The molecule has 0 atom stereocenters. The number of aryl methyl sites for hydroxylation is 1. The van der Waals surface area contributed by atoms with Crippen LogP contribution < -0.4 is 10.6 Å². The number of rotatable bonds is 5. The molecule has 24 heavy (non-hydrogen) atoms. The van der Waals surface area contributed by atoms with Crippen molar-refractivity contribution in [2.75, 3.05) is 10.6 Å². The predicted octanol–water partition coefficient (Wildman–Crippen LogP) is 3.50. The Morgan fingerprint density at radius 2 is 1.75 bits per heavy atom. The molecule has 0 aliphatic carbocycles. The van der Waals surface area contributed by atoms with Gasteiger partial charge in [-0.3, -0.25) is 19.7 Å². The second kappa shape index (κ2) is 7.36. The van der Waals surface area contributed by atoms with Crippen LogP contribution in [0.25, 0.3) is 0 Å². The summed E-state index contributed by atoms with van der Waals surface area (Å²) in [7, 11) is 0. The molecule has 2 amide bonds. The van der Waals surface area contributed by atoms with E-state index in [1.165, 1.54) is 18.2 Å². The summed E-state index contributed by atoms with van der Waals surface area (Å²) in [5, 5.41) is 16.2. The second-order valence-corrected chi connectivity index (χ2v) is 5.20. The van der Waals surface area contributed by atoms with Gasteiger partial charge in [0, 0.05) is 35.0 Å². The molecule has 0 unspecified atom stereocenters. The molecule has 0 saturated heterocycles. The number of nitrogens with zero attached hydrogens (tertiary/aromatic N) is 1. The minimum Gasteiger partial charge on any atom is -0.326 e. The van der Waals surface area contributed by atoms with E-state index in [1.807, 2.05) is 0 Å². The zero-order valence-corrected chi connectivity index (χ0v) is 13.3. The van der Waals surface area contributed by atoms with E-state index >= 15 is 0 Å². The Kier molecular flexibility index (Phi) is 5.26. The van der Waals surface area contributed by atoms with Crippen molar-refractivity contribution in [2.45, 2.75) is 20.3 Å². The maximum absolute atomic E-state index is 12.3. The van der Waals surface area contributed by atoms with Crippen LogP contribution in [0.1, 0.15) is 29.3 Å². The molecule has 7 heteroatoms. The number of nitro groups is 1. The Morgan fingerprint density at radius 3 is 2.33 bits per heavy atom. The first-order chi connectivity index (χ1) is 11.4. The highest BCUT2D eigenvalue weighted by Gasteiger charge is 2.14. The van der Waals surface area contributed by atoms with Gasteiger partial charge in [0.25, 0.3) is 11.6 Å². The Morgan fingerprint density at radius 1 is 1.08 bits per heavy atom. The average molecular weight is 327 g/mol. The van der Waals surface area contributed by atoms with Crippen molar-refractivity contribution in [3.8, 4) is 0 Å². The van der Waals surface area contributed by atoms with Crippen LogP contribution in [0.5, 0.6) is 0 Å². The first kappa shape index (κ1) is 17.1. The van der Waals surface area contributed by atoms with Gasteiger partial charge in [-0.1, -0.05) is 13.0 Å². The molecule has 0 aromatic heterocycles. The number of hydrogen-bond acceptors (Lipinski definition) is 4. The van der Waals surface area contributed by atoms with E-state index in [4.69, 9.17) is 0 Å². The Hall–Kier alpha value is -3.22. The number of carbonyl (C=O) groups is 2. The van der Waals surface area contributed by atoms with Gasteiger partial charge in [-0.2, -0.15) is 0 Å². The average Bonchev–Trinajstić information content (AvgIpc) is 2.54. The minimum absolute atomic E-state index is 0.0316. The van der Waals surface area contributed by atoms with E-state index in [9.17, 15) is 19.7 Å². The van der Waals surface area contributed by atoms with Crippen LogP contribution in [0.4, 0.5) is 17.1 Å². The molecular weight excluding hydrogens is 310 g/mol. The first-order valence-corrected chi connectivity index (χ1v) is 7.37. The molecule has 2 aromatic rings. The monoisotopic (exact) mass is 327 g/mol. The third-order valence-corrected chi connectivity index (χ3v) is 3.38. The third kappa shape index (κ3) is 4.16. The highest BCUT2D eigenvalue weighted by molar-refractivity contribution is 6.05. The van der Waals surface area contributed by atoms with Gasteiger partial charge in [-0.15, -0.1) is 0 Å². The molecule has 0 heterocycles. The Balaban J connectivity index is 2.15. The highest BCUT2D eigenvalue weighted by Crippen LogP contribution is 2.20. The minimum atomic E-state index is -0.489. The third-order valence-electron chi connectivity index (χ3n) is 3.38. The van der Waals surface area contributed by atoms with Crippen LogP contribution in [-0.2, 0) is 4.79 Å². The van der Waals surface area contributed by atoms with Crippen molar-refractivity contribution in [3.63, 3.8) is 0 Å². The molecule has 0 aliphatic rings. The number of carbonyl (C=O) groups excluding carboxylic acids is 2. The molecule has 124 valence electrons. The van der Waals surface area contributed by atoms with Crippen molar-refractivity contribution < 1.29 is 14.5 Å². The molecule has 7 nitrogen and oxygen atoms in total. The summed E-state index contributed by atoms with van der Waals surface area (Å²) in [6.07, 6.45) is 0.360. The lowest BCUT2D eigenvalue weighted by molar-refractivity contribution is -0.385. The van der Waals surface area contributed by atoms with E-state index in [2.05, 4.69) is 10.6 Å². The molecule has 0 radical (unpaired) electrons. The molecule has 2 rings (SSSR count). The maximum Gasteiger partial charge on any atom is 0.272 e. The van der Waals surface area contributed by atoms with Gasteiger partial charge in [-0.05, 0) is 37.3 Å². The van der Waals surface area contributed by atoms with Crippen LogP contribution in [-0.4, -0.2) is 16.7 Å². The number of amides is 2. The SMILES string of the molecule is CCC(=O)Nc1cccc(NC(=O)c2ccc([N+](=O)[O-])c(C)c2)c1. The topological polar surface area (TPSA) is 101 Å². The van der Waals surface area contributed by atoms with E-state index in [0.29, 0.717) is 28.9 Å². The Labute approximate surface area is 138 Å². The number of anilines is 2. The fourth-order valence-corrected chi connectivity index (χ4v) is 2.13.